The fraction of sp³-hybridized carbons (Fsp3) is 0. The second-order valence-electron chi connectivity index (χ2n) is 11.8. The molecule has 6 aromatic carbocycles. The van der Waals surface area contributed by atoms with Crippen LogP contribution in [0.1, 0.15) is 0 Å². The molecule has 0 saturated heterocycles. The molecule has 0 unspecified atom stereocenters. The van der Waals surface area contributed by atoms with E-state index in [0.29, 0.717) is 0 Å². The molecular weight excluding hydrogens is 571 g/mol. The van der Waals surface area contributed by atoms with Crippen LogP contribution >= 0.6 is 0 Å². The maximum atomic E-state index is 5.32. The highest BCUT2D eigenvalue weighted by atomic mass is 15.0. The molecule has 0 atom stereocenters. The van der Waals surface area contributed by atoms with Gasteiger partial charge in [0.15, 0.2) is 0 Å². The van der Waals surface area contributed by atoms with Crippen molar-refractivity contribution >= 4 is 32.7 Å². The summed E-state index contributed by atoms with van der Waals surface area (Å²) in [6.45, 7) is 0. The zero-order valence-electron chi connectivity index (χ0n) is 25.6. The van der Waals surface area contributed by atoms with Crippen LogP contribution in [-0.2, 0) is 0 Å². The first kappa shape index (κ1) is 27.0. The summed E-state index contributed by atoms with van der Waals surface area (Å²) < 4.78 is 2.39. The number of hydrogen-bond donors (Lipinski definition) is 0. The van der Waals surface area contributed by atoms with Crippen LogP contribution in [0.5, 0.6) is 0 Å². The van der Waals surface area contributed by atoms with Gasteiger partial charge < -0.3 is 4.57 Å². The van der Waals surface area contributed by atoms with Gasteiger partial charge in [0.05, 0.1) is 33.6 Å². The summed E-state index contributed by atoms with van der Waals surface area (Å²) in [6.07, 6.45) is 0. The highest BCUT2D eigenvalue weighted by Crippen LogP contribution is 2.41. The Balaban J connectivity index is 1.24. The largest absolute Gasteiger partial charge is 0.308 e. The summed E-state index contributed by atoms with van der Waals surface area (Å²) >= 11 is 0. The Labute approximate surface area is 273 Å². The van der Waals surface area contributed by atoms with E-state index in [4.69, 9.17) is 9.97 Å². The predicted octanol–water partition coefficient (Wildman–Crippen LogP) is 11.4. The molecule has 47 heavy (non-hydrogen) atoms. The summed E-state index contributed by atoms with van der Waals surface area (Å²) in [6, 6.07) is 61.8. The topological polar surface area (TPSA) is 30.7 Å². The van der Waals surface area contributed by atoms with Crippen LogP contribution in [0.3, 0.4) is 0 Å². The van der Waals surface area contributed by atoms with Crippen molar-refractivity contribution in [2.45, 2.75) is 0 Å². The molecule has 0 aliphatic carbocycles. The molecule has 0 aliphatic heterocycles. The standard InChI is InChI=1S/C44H29N3/c1-4-14-31(15-5-1)39-28-34(29-40(45-39)32-16-6-2-7-17-32)30-24-26-33(27-25-30)43-42-37-21-11-13-23-41(37)47(35-18-8-3-9-19-35)44(42)36-20-10-12-22-38(36)46-43/h1-29H. The van der Waals surface area contributed by atoms with Gasteiger partial charge in [-0.1, -0.05) is 140 Å². The molecular formula is C44H29N3. The van der Waals surface area contributed by atoms with E-state index in [0.717, 1.165) is 66.9 Å². The van der Waals surface area contributed by atoms with Crippen LogP contribution in [0.4, 0.5) is 0 Å². The molecule has 3 aromatic heterocycles. The maximum absolute atomic E-state index is 5.32. The van der Waals surface area contributed by atoms with E-state index in [2.05, 4.69) is 168 Å². The Morgan fingerprint density at radius 3 is 1.57 bits per heavy atom. The number of hydrogen-bond acceptors (Lipinski definition) is 2. The molecule has 3 nitrogen and oxygen atoms in total. The molecule has 3 heteroatoms. The minimum atomic E-state index is 0.956. The van der Waals surface area contributed by atoms with Crippen LogP contribution < -0.4 is 0 Å². The van der Waals surface area contributed by atoms with Crippen molar-refractivity contribution in [3.8, 4) is 50.6 Å². The van der Waals surface area contributed by atoms with E-state index in [-0.39, 0.29) is 0 Å². The van der Waals surface area contributed by atoms with Crippen molar-refractivity contribution in [3.63, 3.8) is 0 Å². The highest BCUT2D eigenvalue weighted by Gasteiger charge is 2.20. The van der Waals surface area contributed by atoms with Crippen LogP contribution in [0.15, 0.2) is 176 Å². The van der Waals surface area contributed by atoms with E-state index >= 15 is 0 Å². The third-order valence-electron chi connectivity index (χ3n) is 8.97. The average molecular weight is 600 g/mol. The van der Waals surface area contributed by atoms with E-state index in [9.17, 15) is 0 Å². The van der Waals surface area contributed by atoms with Gasteiger partial charge in [0.25, 0.3) is 0 Å². The molecule has 0 amide bonds. The van der Waals surface area contributed by atoms with E-state index < -0.39 is 0 Å². The summed E-state index contributed by atoms with van der Waals surface area (Å²) in [5, 5.41) is 3.50. The van der Waals surface area contributed by atoms with Crippen molar-refractivity contribution in [1.82, 2.24) is 14.5 Å². The van der Waals surface area contributed by atoms with Crippen molar-refractivity contribution in [2.75, 3.05) is 0 Å². The second-order valence-corrected chi connectivity index (χ2v) is 11.8. The first-order valence-corrected chi connectivity index (χ1v) is 15.9. The first-order chi connectivity index (χ1) is 23.3. The lowest BCUT2D eigenvalue weighted by atomic mass is 9.97. The molecule has 0 radical (unpaired) electrons. The lowest BCUT2D eigenvalue weighted by molar-refractivity contribution is 1.18. The fourth-order valence-corrected chi connectivity index (χ4v) is 6.77. The smallest absolute Gasteiger partial charge is 0.0809 e. The van der Waals surface area contributed by atoms with Gasteiger partial charge in [-0.05, 0) is 47.5 Å². The Morgan fingerprint density at radius 2 is 0.915 bits per heavy atom. The molecule has 0 bridgehead atoms. The fourth-order valence-electron chi connectivity index (χ4n) is 6.77. The molecule has 0 N–H and O–H groups in total. The highest BCUT2D eigenvalue weighted by molar-refractivity contribution is 6.22. The quantitative estimate of drug-likeness (QED) is 0.197. The zero-order valence-corrected chi connectivity index (χ0v) is 25.6. The van der Waals surface area contributed by atoms with Crippen molar-refractivity contribution in [2.24, 2.45) is 0 Å². The van der Waals surface area contributed by atoms with Crippen LogP contribution in [0.2, 0.25) is 0 Å². The summed E-state index contributed by atoms with van der Waals surface area (Å²) in [5.74, 6) is 0. The summed E-state index contributed by atoms with van der Waals surface area (Å²) in [5.41, 5.74) is 12.9. The van der Waals surface area contributed by atoms with Gasteiger partial charge in [-0.15, -0.1) is 0 Å². The van der Waals surface area contributed by atoms with Gasteiger partial charge in [-0.3, -0.25) is 0 Å². The van der Waals surface area contributed by atoms with Gasteiger partial charge in [0.1, 0.15) is 0 Å². The number of nitrogens with zero attached hydrogens (tertiary/aromatic N) is 3. The minimum Gasteiger partial charge on any atom is -0.308 e. The number of fused-ring (bicyclic) bond motifs is 5. The maximum Gasteiger partial charge on any atom is 0.0809 e. The van der Waals surface area contributed by atoms with Crippen LogP contribution in [0.25, 0.3) is 83.3 Å². The van der Waals surface area contributed by atoms with Crippen molar-refractivity contribution < 1.29 is 0 Å². The number of benzene rings is 6. The Morgan fingerprint density at radius 1 is 0.383 bits per heavy atom. The minimum absolute atomic E-state index is 0.956. The van der Waals surface area contributed by atoms with Crippen molar-refractivity contribution in [1.29, 1.82) is 0 Å². The molecule has 0 fully saturated rings. The Bertz CT molecular complexity index is 2480. The summed E-state index contributed by atoms with van der Waals surface area (Å²) in [4.78, 5) is 10.4. The van der Waals surface area contributed by atoms with Crippen molar-refractivity contribution in [3.05, 3.63) is 176 Å². The number of pyridine rings is 2. The predicted molar refractivity (Wildman–Crippen MR) is 196 cm³/mol. The third-order valence-corrected chi connectivity index (χ3v) is 8.97. The van der Waals surface area contributed by atoms with Gasteiger partial charge in [-0.2, -0.15) is 0 Å². The third kappa shape index (κ3) is 4.68. The van der Waals surface area contributed by atoms with Gasteiger partial charge in [0.2, 0.25) is 0 Å². The monoisotopic (exact) mass is 599 g/mol. The molecule has 220 valence electrons. The number of aromatic nitrogens is 3. The lowest BCUT2D eigenvalue weighted by Crippen LogP contribution is -1.95. The summed E-state index contributed by atoms with van der Waals surface area (Å²) in [7, 11) is 0. The van der Waals surface area contributed by atoms with E-state index in [1.807, 2.05) is 12.1 Å². The Kier molecular flexibility index (Phi) is 6.46. The number of para-hydroxylation sites is 3. The van der Waals surface area contributed by atoms with Crippen LogP contribution in [0, 0.1) is 0 Å². The molecule has 0 aliphatic rings. The lowest BCUT2D eigenvalue weighted by Gasteiger charge is -2.13. The molecule has 0 spiro atoms. The van der Waals surface area contributed by atoms with E-state index in [1.54, 1.807) is 0 Å². The van der Waals surface area contributed by atoms with E-state index in [1.165, 1.54) is 16.4 Å². The Hall–Kier alpha value is -6.32. The van der Waals surface area contributed by atoms with Gasteiger partial charge >= 0.3 is 0 Å². The van der Waals surface area contributed by atoms with Gasteiger partial charge in [-0.25, -0.2) is 9.97 Å². The molecule has 3 heterocycles. The molecule has 0 saturated carbocycles. The normalized spacial score (nSPS) is 11.4. The first-order valence-electron chi connectivity index (χ1n) is 15.9. The zero-order chi connectivity index (χ0) is 31.2. The SMILES string of the molecule is c1ccc(-c2cc(-c3ccc(-c4nc5ccccc5c5c4c4ccccc4n5-c4ccccc4)cc3)cc(-c3ccccc3)n2)cc1. The van der Waals surface area contributed by atoms with Crippen LogP contribution in [-0.4, -0.2) is 14.5 Å². The second kappa shape index (κ2) is 11.2. The van der Waals surface area contributed by atoms with Gasteiger partial charge in [0, 0.05) is 38.5 Å². The molecule has 9 aromatic rings. The molecule has 9 rings (SSSR count). The average Bonchev–Trinajstić information content (AvgIpc) is 3.51. The number of rotatable bonds is 5.